The topological polar surface area (TPSA) is 70.2 Å². The van der Waals surface area contributed by atoms with E-state index in [9.17, 15) is 4.79 Å². The molecule has 20 heavy (non-hydrogen) atoms. The fourth-order valence-electron chi connectivity index (χ4n) is 3.55. The van der Waals surface area contributed by atoms with Gasteiger partial charge in [-0.3, -0.25) is 4.79 Å². The summed E-state index contributed by atoms with van der Waals surface area (Å²) >= 11 is 0. The second-order valence-electron chi connectivity index (χ2n) is 5.89. The number of aromatic amines is 1. The molecule has 3 rings (SSSR count). The molecule has 3 heterocycles. The van der Waals surface area contributed by atoms with Crippen molar-refractivity contribution < 1.29 is 4.74 Å². The van der Waals surface area contributed by atoms with E-state index in [-0.39, 0.29) is 5.56 Å². The Labute approximate surface area is 118 Å². The number of anilines is 1. The molecule has 0 saturated carbocycles. The van der Waals surface area contributed by atoms with Crippen molar-refractivity contribution in [3.8, 4) is 5.75 Å². The number of rotatable bonds is 2. The Hall–Kier alpha value is -1.56. The largest absolute Gasteiger partial charge is 0.489 e. The molecule has 6 heteroatoms. The van der Waals surface area contributed by atoms with E-state index in [0.29, 0.717) is 17.0 Å². The lowest BCUT2D eigenvalue weighted by molar-refractivity contribution is 0.172. The van der Waals surface area contributed by atoms with Gasteiger partial charge >= 0.3 is 0 Å². The fraction of sp³-hybridized carbons (Fsp3) is 0.714. The van der Waals surface area contributed by atoms with Crippen molar-refractivity contribution in [2.24, 2.45) is 5.41 Å². The summed E-state index contributed by atoms with van der Waals surface area (Å²) in [7, 11) is 1.53. The lowest BCUT2D eigenvalue weighted by Gasteiger charge is -2.45. The van der Waals surface area contributed by atoms with E-state index in [1.54, 1.807) is 0 Å². The molecular formula is C14H22N4O2. The molecule has 1 spiro atoms. The van der Waals surface area contributed by atoms with Gasteiger partial charge in [-0.15, -0.1) is 0 Å². The van der Waals surface area contributed by atoms with Gasteiger partial charge in [0.1, 0.15) is 0 Å². The van der Waals surface area contributed by atoms with Crippen LogP contribution in [0.25, 0.3) is 0 Å². The highest BCUT2D eigenvalue weighted by Gasteiger charge is 2.37. The smallest absolute Gasteiger partial charge is 0.295 e. The fourth-order valence-corrected chi connectivity index (χ4v) is 3.55. The van der Waals surface area contributed by atoms with Crippen LogP contribution in [0.3, 0.4) is 0 Å². The van der Waals surface area contributed by atoms with Crippen molar-refractivity contribution in [2.45, 2.75) is 25.7 Å². The van der Waals surface area contributed by atoms with Crippen molar-refractivity contribution in [2.75, 3.05) is 38.2 Å². The normalized spacial score (nSPS) is 26.8. The molecule has 0 amide bonds. The standard InChI is InChI=1S/C14H22N4O2/c1-20-11-12(16-10-17-13(11)19)18-7-3-5-14(9-18)4-2-6-15-8-14/h10,15H,2-9H2,1H3,(H,16,17,19). The van der Waals surface area contributed by atoms with Gasteiger partial charge in [0.2, 0.25) is 5.75 Å². The van der Waals surface area contributed by atoms with Crippen LogP contribution in [-0.2, 0) is 0 Å². The highest BCUT2D eigenvalue weighted by molar-refractivity contribution is 5.51. The molecule has 0 aliphatic carbocycles. The highest BCUT2D eigenvalue weighted by Crippen LogP contribution is 2.38. The second-order valence-corrected chi connectivity index (χ2v) is 5.89. The van der Waals surface area contributed by atoms with Gasteiger partial charge in [-0.2, -0.15) is 0 Å². The maximum atomic E-state index is 11.8. The summed E-state index contributed by atoms with van der Waals surface area (Å²) in [5.74, 6) is 1.01. The first kappa shape index (κ1) is 13.4. The Kier molecular flexibility index (Phi) is 3.65. The van der Waals surface area contributed by atoms with E-state index in [4.69, 9.17) is 4.74 Å². The third-order valence-electron chi connectivity index (χ3n) is 4.52. The van der Waals surface area contributed by atoms with Crippen molar-refractivity contribution in [1.82, 2.24) is 15.3 Å². The van der Waals surface area contributed by atoms with Crippen LogP contribution in [0.1, 0.15) is 25.7 Å². The molecule has 2 fully saturated rings. The summed E-state index contributed by atoms with van der Waals surface area (Å²) < 4.78 is 5.24. The summed E-state index contributed by atoms with van der Waals surface area (Å²) in [6, 6.07) is 0. The Bertz CT molecular complexity index is 517. The number of methoxy groups -OCH3 is 1. The van der Waals surface area contributed by atoms with Crippen molar-refractivity contribution in [3.63, 3.8) is 0 Å². The average molecular weight is 278 g/mol. The third-order valence-corrected chi connectivity index (χ3v) is 4.52. The maximum absolute atomic E-state index is 11.8. The van der Waals surface area contributed by atoms with E-state index in [0.717, 1.165) is 32.6 Å². The number of hydrogen-bond acceptors (Lipinski definition) is 5. The van der Waals surface area contributed by atoms with Crippen LogP contribution in [0.5, 0.6) is 5.75 Å². The molecule has 1 aromatic rings. The number of H-pyrrole nitrogens is 1. The summed E-state index contributed by atoms with van der Waals surface area (Å²) in [5.41, 5.74) is 0.116. The molecule has 1 unspecified atom stereocenters. The molecule has 0 aromatic carbocycles. The maximum Gasteiger partial charge on any atom is 0.295 e. The second kappa shape index (κ2) is 5.44. The summed E-state index contributed by atoms with van der Waals surface area (Å²) in [6.45, 7) is 4.07. The zero-order valence-electron chi connectivity index (χ0n) is 11.9. The molecule has 6 nitrogen and oxygen atoms in total. The van der Waals surface area contributed by atoms with E-state index < -0.39 is 0 Å². The monoisotopic (exact) mass is 278 g/mol. The van der Waals surface area contributed by atoms with Crippen LogP contribution in [0.15, 0.2) is 11.1 Å². The minimum absolute atomic E-state index is 0.209. The van der Waals surface area contributed by atoms with Crippen LogP contribution in [0.2, 0.25) is 0 Å². The Morgan fingerprint density at radius 3 is 3.00 bits per heavy atom. The van der Waals surface area contributed by atoms with Gasteiger partial charge in [0.05, 0.1) is 13.4 Å². The Morgan fingerprint density at radius 1 is 1.40 bits per heavy atom. The number of nitrogens with zero attached hydrogens (tertiary/aromatic N) is 2. The number of hydrogen-bond donors (Lipinski definition) is 2. The van der Waals surface area contributed by atoms with Gasteiger partial charge in [0, 0.05) is 25.0 Å². The first-order valence-corrected chi connectivity index (χ1v) is 7.31. The number of nitrogens with one attached hydrogen (secondary N) is 2. The lowest BCUT2D eigenvalue weighted by Crippen LogP contribution is -2.51. The Morgan fingerprint density at radius 2 is 2.25 bits per heavy atom. The zero-order chi connectivity index (χ0) is 14.0. The van der Waals surface area contributed by atoms with Gasteiger partial charge in [-0.05, 0) is 32.2 Å². The van der Waals surface area contributed by atoms with Gasteiger partial charge in [-0.25, -0.2) is 4.98 Å². The zero-order valence-corrected chi connectivity index (χ0v) is 11.9. The minimum atomic E-state index is -0.209. The van der Waals surface area contributed by atoms with Crippen LogP contribution >= 0.6 is 0 Å². The Balaban J connectivity index is 1.87. The van der Waals surface area contributed by atoms with E-state index in [1.807, 2.05) is 0 Å². The van der Waals surface area contributed by atoms with Gasteiger partial charge in [0.15, 0.2) is 5.82 Å². The van der Waals surface area contributed by atoms with Gasteiger partial charge in [-0.1, -0.05) is 0 Å². The van der Waals surface area contributed by atoms with Crippen molar-refractivity contribution >= 4 is 5.82 Å². The molecule has 2 aliphatic rings. The van der Waals surface area contributed by atoms with Gasteiger partial charge in [0.25, 0.3) is 5.56 Å². The highest BCUT2D eigenvalue weighted by atomic mass is 16.5. The summed E-state index contributed by atoms with van der Waals surface area (Å²) in [5, 5.41) is 3.51. The summed E-state index contributed by atoms with van der Waals surface area (Å²) in [6.07, 6.45) is 6.33. The number of piperidine rings is 2. The van der Waals surface area contributed by atoms with E-state index in [1.165, 1.54) is 32.7 Å². The molecule has 0 bridgehead atoms. The van der Waals surface area contributed by atoms with Crippen LogP contribution in [0, 0.1) is 5.41 Å². The SMILES string of the molecule is COc1c(N2CCCC3(CCCNC3)C2)nc[nH]c1=O. The van der Waals surface area contributed by atoms with Crippen LogP contribution in [-0.4, -0.2) is 43.3 Å². The van der Waals surface area contributed by atoms with Gasteiger partial charge < -0.3 is 19.9 Å². The average Bonchev–Trinajstić information content (AvgIpc) is 2.48. The molecule has 1 aromatic heterocycles. The third kappa shape index (κ3) is 2.40. The molecule has 1 atom stereocenters. The summed E-state index contributed by atoms with van der Waals surface area (Å²) in [4.78, 5) is 20.9. The molecule has 2 saturated heterocycles. The molecule has 2 aliphatic heterocycles. The first-order valence-electron chi connectivity index (χ1n) is 7.31. The molecule has 0 radical (unpaired) electrons. The predicted octanol–water partition coefficient (Wildman–Crippen LogP) is 0.748. The van der Waals surface area contributed by atoms with Crippen molar-refractivity contribution in [1.29, 1.82) is 0 Å². The van der Waals surface area contributed by atoms with Crippen LogP contribution < -0.4 is 20.5 Å². The molecular weight excluding hydrogens is 256 g/mol. The minimum Gasteiger partial charge on any atom is -0.489 e. The number of aromatic nitrogens is 2. The van der Waals surface area contributed by atoms with E-state index >= 15 is 0 Å². The van der Waals surface area contributed by atoms with E-state index in [2.05, 4.69) is 20.2 Å². The molecule has 110 valence electrons. The number of ether oxygens (including phenoxy) is 1. The molecule has 2 N–H and O–H groups in total. The predicted molar refractivity (Wildman–Crippen MR) is 77.4 cm³/mol. The first-order chi connectivity index (χ1) is 9.74. The quantitative estimate of drug-likeness (QED) is 0.835. The van der Waals surface area contributed by atoms with Crippen LogP contribution in [0.4, 0.5) is 5.82 Å². The van der Waals surface area contributed by atoms with Crippen molar-refractivity contribution in [3.05, 3.63) is 16.7 Å². The lowest BCUT2D eigenvalue weighted by atomic mass is 9.74.